The van der Waals surface area contributed by atoms with Gasteiger partial charge in [-0.05, 0) is 24.3 Å². The van der Waals surface area contributed by atoms with Gasteiger partial charge in [0, 0.05) is 5.56 Å². The van der Waals surface area contributed by atoms with Gasteiger partial charge in [-0.1, -0.05) is 54.3 Å². The zero-order valence-corrected chi connectivity index (χ0v) is 12.8. The van der Waals surface area contributed by atoms with Crippen LogP contribution in [0.1, 0.15) is 5.56 Å². The van der Waals surface area contributed by atoms with E-state index in [-0.39, 0.29) is 20.5 Å². The third-order valence-electron chi connectivity index (χ3n) is 3.08. The zero-order chi connectivity index (χ0) is 15.7. The predicted molar refractivity (Wildman–Crippen MR) is 88.5 cm³/mol. The summed E-state index contributed by atoms with van der Waals surface area (Å²) < 4.78 is 27.8. The van der Waals surface area contributed by atoms with E-state index >= 15 is 0 Å². The summed E-state index contributed by atoms with van der Waals surface area (Å²) in [5, 5.41) is 0. The summed E-state index contributed by atoms with van der Waals surface area (Å²) in [7, 11) is 0. The predicted octanol–water partition coefficient (Wildman–Crippen LogP) is 4.37. The van der Waals surface area contributed by atoms with Gasteiger partial charge in [-0.2, -0.15) is 0 Å². The number of nitrogens with zero attached hydrogens (tertiary/aromatic N) is 1. The highest BCUT2D eigenvalue weighted by molar-refractivity contribution is 8.27. The summed E-state index contributed by atoms with van der Waals surface area (Å²) in [4.78, 5) is 13.8. The van der Waals surface area contributed by atoms with Gasteiger partial charge in [0.1, 0.15) is 11.6 Å². The van der Waals surface area contributed by atoms with E-state index in [0.29, 0.717) is 0 Å². The number of thioether (sulfide) groups is 1. The summed E-state index contributed by atoms with van der Waals surface area (Å²) in [5.74, 6) is -1.42. The van der Waals surface area contributed by atoms with E-state index in [4.69, 9.17) is 12.2 Å². The van der Waals surface area contributed by atoms with Gasteiger partial charge in [0.15, 0.2) is 4.32 Å². The molecular weight excluding hydrogens is 324 g/mol. The van der Waals surface area contributed by atoms with Crippen LogP contribution in [0.25, 0.3) is 6.08 Å². The molecule has 2 aromatic rings. The van der Waals surface area contributed by atoms with Gasteiger partial charge in [-0.25, -0.2) is 8.78 Å². The molecule has 0 atom stereocenters. The van der Waals surface area contributed by atoms with Crippen LogP contribution in [0.5, 0.6) is 0 Å². The summed E-state index contributed by atoms with van der Waals surface area (Å²) in [6.45, 7) is 0. The van der Waals surface area contributed by atoms with Crippen molar-refractivity contribution in [3.8, 4) is 0 Å². The van der Waals surface area contributed by atoms with Crippen LogP contribution in [0.2, 0.25) is 0 Å². The number of para-hydroxylation sites is 1. The van der Waals surface area contributed by atoms with Crippen molar-refractivity contribution in [3.05, 3.63) is 70.6 Å². The molecule has 0 saturated carbocycles. The average molecular weight is 333 g/mol. The first kappa shape index (κ1) is 14.9. The number of benzene rings is 2. The number of carbonyl (C=O) groups excluding carboxylic acids is 1. The van der Waals surface area contributed by atoms with Gasteiger partial charge >= 0.3 is 0 Å². The second-order valence-corrected chi connectivity index (χ2v) is 6.17. The minimum atomic E-state index is -0.536. The number of halogens is 2. The Morgan fingerprint density at radius 1 is 1.00 bits per heavy atom. The van der Waals surface area contributed by atoms with Crippen LogP contribution >= 0.6 is 24.0 Å². The summed E-state index contributed by atoms with van der Waals surface area (Å²) >= 11 is 6.18. The Hall–Kier alpha value is -2.05. The standard InChI is InChI=1S/C16H9F2NOS2/c17-11-6-2-1-5-10(11)9-14-15(20)19(16(21)22-14)13-8-4-3-7-12(13)18/h1-9H. The lowest BCUT2D eigenvalue weighted by Gasteiger charge is -2.14. The number of hydrogen-bond donors (Lipinski definition) is 0. The van der Waals surface area contributed by atoms with Crippen LogP contribution in [0.3, 0.4) is 0 Å². The van der Waals surface area contributed by atoms with Gasteiger partial charge in [0.2, 0.25) is 0 Å². The highest BCUT2D eigenvalue weighted by Crippen LogP contribution is 2.37. The average Bonchev–Trinajstić information content (AvgIpc) is 2.77. The van der Waals surface area contributed by atoms with Crippen LogP contribution in [-0.2, 0) is 4.79 Å². The van der Waals surface area contributed by atoms with Crippen molar-refractivity contribution < 1.29 is 13.6 Å². The Labute approximate surface area is 135 Å². The van der Waals surface area contributed by atoms with Gasteiger partial charge in [-0.3, -0.25) is 9.69 Å². The van der Waals surface area contributed by atoms with E-state index in [1.807, 2.05) is 0 Å². The van der Waals surface area contributed by atoms with E-state index < -0.39 is 17.5 Å². The molecule has 1 aliphatic heterocycles. The van der Waals surface area contributed by atoms with Crippen molar-refractivity contribution >= 4 is 46.0 Å². The smallest absolute Gasteiger partial charge is 0.268 e. The summed E-state index contributed by atoms with van der Waals surface area (Å²) in [5.41, 5.74) is 0.387. The molecule has 2 aromatic carbocycles. The number of hydrogen-bond acceptors (Lipinski definition) is 3. The fraction of sp³-hybridized carbons (Fsp3) is 0. The SMILES string of the molecule is O=C1C(=Cc2ccccc2F)SC(=S)N1c1ccccc1F. The molecule has 1 heterocycles. The first-order valence-corrected chi connectivity index (χ1v) is 7.57. The molecule has 22 heavy (non-hydrogen) atoms. The lowest BCUT2D eigenvalue weighted by atomic mass is 10.2. The molecule has 0 unspecified atom stereocenters. The molecule has 1 fully saturated rings. The lowest BCUT2D eigenvalue weighted by molar-refractivity contribution is -0.113. The van der Waals surface area contributed by atoms with E-state index in [1.54, 1.807) is 24.3 Å². The number of thiocarbonyl (C=S) groups is 1. The maximum Gasteiger partial charge on any atom is 0.270 e. The molecule has 0 N–H and O–H groups in total. The molecule has 0 radical (unpaired) electrons. The van der Waals surface area contributed by atoms with Crippen molar-refractivity contribution in [2.45, 2.75) is 0 Å². The monoisotopic (exact) mass is 333 g/mol. The maximum atomic E-state index is 13.9. The van der Waals surface area contributed by atoms with E-state index in [1.165, 1.54) is 30.3 Å². The molecule has 0 aliphatic carbocycles. The van der Waals surface area contributed by atoms with Crippen molar-refractivity contribution in [3.63, 3.8) is 0 Å². The molecule has 3 rings (SSSR count). The largest absolute Gasteiger partial charge is 0.270 e. The molecule has 6 heteroatoms. The van der Waals surface area contributed by atoms with Crippen molar-refractivity contribution in [2.24, 2.45) is 0 Å². The topological polar surface area (TPSA) is 20.3 Å². The highest BCUT2D eigenvalue weighted by atomic mass is 32.2. The second kappa shape index (κ2) is 5.98. The van der Waals surface area contributed by atoms with E-state index in [9.17, 15) is 13.6 Å². The van der Waals surface area contributed by atoms with Crippen molar-refractivity contribution in [1.82, 2.24) is 0 Å². The Balaban J connectivity index is 1.99. The zero-order valence-electron chi connectivity index (χ0n) is 11.1. The fourth-order valence-corrected chi connectivity index (χ4v) is 3.32. The first-order chi connectivity index (χ1) is 10.6. The Bertz CT molecular complexity index is 804. The molecule has 110 valence electrons. The molecule has 0 bridgehead atoms. The quantitative estimate of drug-likeness (QED) is 0.601. The third kappa shape index (κ3) is 2.67. The highest BCUT2D eigenvalue weighted by Gasteiger charge is 2.34. The number of amides is 1. The Kier molecular flexibility index (Phi) is 4.04. The van der Waals surface area contributed by atoms with E-state index in [0.717, 1.165) is 16.7 Å². The Morgan fingerprint density at radius 3 is 2.32 bits per heavy atom. The summed E-state index contributed by atoms with van der Waals surface area (Å²) in [6, 6.07) is 12.0. The fourth-order valence-electron chi connectivity index (χ4n) is 2.04. The molecule has 0 aromatic heterocycles. The van der Waals surface area contributed by atoms with Crippen LogP contribution in [0.15, 0.2) is 53.4 Å². The minimum Gasteiger partial charge on any atom is -0.268 e. The lowest BCUT2D eigenvalue weighted by Crippen LogP contribution is -2.28. The molecule has 1 aliphatic rings. The van der Waals surface area contributed by atoms with Gasteiger partial charge in [0.25, 0.3) is 5.91 Å². The number of rotatable bonds is 2. The van der Waals surface area contributed by atoms with Gasteiger partial charge < -0.3 is 0 Å². The van der Waals surface area contributed by atoms with Crippen LogP contribution < -0.4 is 4.90 Å². The van der Waals surface area contributed by atoms with Gasteiger partial charge in [0.05, 0.1) is 10.6 Å². The van der Waals surface area contributed by atoms with Crippen molar-refractivity contribution in [1.29, 1.82) is 0 Å². The molecule has 1 saturated heterocycles. The third-order valence-corrected chi connectivity index (χ3v) is 4.38. The molecular formula is C16H9F2NOS2. The molecule has 2 nitrogen and oxygen atoms in total. The van der Waals surface area contributed by atoms with E-state index in [2.05, 4.69) is 0 Å². The second-order valence-electron chi connectivity index (χ2n) is 4.49. The Morgan fingerprint density at radius 2 is 1.64 bits per heavy atom. The molecule has 1 amide bonds. The van der Waals surface area contributed by atoms with Crippen LogP contribution in [0.4, 0.5) is 14.5 Å². The number of anilines is 1. The first-order valence-electron chi connectivity index (χ1n) is 6.35. The number of carbonyl (C=O) groups is 1. The van der Waals surface area contributed by atoms with Crippen LogP contribution in [-0.4, -0.2) is 10.2 Å². The normalized spacial score (nSPS) is 16.6. The molecule has 0 spiro atoms. The summed E-state index contributed by atoms with van der Waals surface area (Å²) in [6.07, 6.45) is 1.43. The maximum absolute atomic E-state index is 13.9. The van der Waals surface area contributed by atoms with Crippen molar-refractivity contribution in [2.75, 3.05) is 4.90 Å². The van der Waals surface area contributed by atoms with Crippen LogP contribution in [0, 0.1) is 11.6 Å². The van der Waals surface area contributed by atoms with Gasteiger partial charge in [-0.15, -0.1) is 0 Å². The minimum absolute atomic E-state index is 0.0990.